The molecular weight excluding hydrogens is 342 g/mol. The molecule has 0 aromatic heterocycles. The van der Waals surface area contributed by atoms with Crippen LogP contribution < -0.4 is 0 Å². The van der Waals surface area contributed by atoms with Gasteiger partial charge in [-0.25, -0.2) is 4.79 Å². The summed E-state index contributed by atoms with van der Waals surface area (Å²) in [7, 11) is 0. The van der Waals surface area contributed by atoms with E-state index in [1.54, 1.807) is 13.8 Å². The smallest absolute Gasteiger partial charge is 0.344 e. The zero-order valence-electron chi connectivity index (χ0n) is 15.3. The summed E-state index contributed by atoms with van der Waals surface area (Å²) in [6.45, 7) is 5.92. The first kappa shape index (κ1) is 19.3. The number of hydrogen-bond acceptors (Lipinski definition) is 8. The standard InChI is InChI=1S/C18H27NO7/c1-9(2)13-15(21)18(24,10(3)20)17(23)25-8-11-4-6-19-7-5-12(14(11)19)26-16(13)22/h4,9-10,12-15,20-21,24H,5-8H2,1-3H3/t10-,12+,13+,14+,15-,18+/m0/s1. The quantitative estimate of drug-likeness (QED) is 0.429. The highest BCUT2D eigenvalue weighted by atomic mass is 16.6. The monoisotopic (exact) mass is 369 g/mol. The van der Waals surface area contributed by atoms with Crippen LogP contribution in [0.25, 0.3) is 0 Å². The molecule has 2 saturated heterocycles. The molecule has 3 rings (SSSR count). The lowest BCUT2D eigenvalue weighted by atomic mass is 9.78. The van der Waals surface area contributed by atoms with Gasteiger partial charge in [0.05, 0.1) is 18.1 Å². The van der Waals surface area contributed by atoms with Gasteiger partial charge in [0.1, 0.15) is 18.8 Å². The Morgan fingerprint density at radius 2 is 2.00 bits per heavy atom. The van der Waals surface area contributed by atoms with Crippen LogP contribution in [0.1, 0.15) is 27.2 Å². The molecule has 3 aliphatic heterocycles. The molecule has 0 aromatic rings. The Hall–Kier alpha value is -1.48. The van der Waals surface area contributed by atoms with Crippen LogP contribution in [-0.2, 0) is 19.1 Å². The number of hydrogen-bond donors (Lipinski definition) is 3. The molecule has 26 heavy (non-hydrogen) atoms. The summed E-state index contributed by atoms with van der Waals surface area (Å²) in [5, 5.41) is 31.5. The summed E-state index contributed by atoms with van der Waals surface area (Å²) in [6, 6.07) is -0.158. The van der Waals surface area contributed by atoms with E-state index in [-0.39, 0.29) is 18.8 Å². The van der Waals surface area contributed by atoms with Crippen molar-refractivity contribution < 1.29 is 34.4 Å². The summed E-state index contributed by atoms with van der Waals surface area (Å²) in [5.74, 6) is -3.43. The third-order valence-electron chi connectivity index (χ3n) is 5.80. The lowest BCUT2D eigenvalue weighted by Gasteiger charge is -2.37. The lowest BCUT2D eigenvalue weighted by molar-refractivity contribution is -0.206. The first-order valence-corrected chi connectivity index (χ1v) is 9.07. The van der Waals surface area contributed by atoms with Crippen LogP contribution in [0.2, 0.25) is 0 Å². The van der Waals surface area contributed by atoms with Crippen LogP contribution in [0, 0.1) is 11.8 Å². The first-order chi connectivity index (χ1) is 12.2. The molecule has 0 radical (unpaired) electrons. The van der Waals surface area contributed by atoms with Crippen LogP contribution in [-0.4, -0.2) is 81.8 Å². The molecule has 6 atom stereocenters. The van der Waals surface area contributed by atoms with Gasteiger partial charge in [0.15, 0.2) is 0 Å². The Balaban J connectivity index is 2.01. The van der Waals surface area contributed by atoms with E-state index in [1.165, 1.54) is 6.92 Å². The highest BCUT2D eigenvalue weighted by molar-refractivity contribution is 5.83. The highest BCUT2D eigenvalue weighted by Gasteiger charge is 2.56. The molecule has 3 heterocycles. The molecule has 146 valence electrons. The van der Waals surface area contributed by atoms with E-state index < -0.39 is 41.6 Å². The van der Waals surface area contributed by atoms with Crippen molar-refractivity contribution in [1.82, 2.24) is 4.90 Å². The second kappa shape index (κ2) is 6.92. The molecule has 0 amide bonds. The number of nitrogens with zero attached hydrogens (tertiary/aromatic N) is 1. The minimum Gasteiger partial charge on any atom is -0.460 e. The van der Waals surface area contributed by atoms with Gasteiger partial charge in [-0.2, -0.15) is 0 Å². The van der Waals surface area contributed by atoms with Crippen molar-refractivity contribution in [2.24, 2.45) is 11.8 Å². The van der Waals surface area contributed by atoms with Crippen LogP contribution in [0.5, 0.6) is 0 Å². The van der Waals surface area contributed by atoms with Crippen molar-refractivity contribution in [3.05, 3.63) is 11.6 Å². The van der Waals surface area contributed by atoms with Gasteiger partial charge < -0.3 is 24.8 Å². The van der Waals surface area contributed by atoms with Crippen LogP contribution in [0.4, 0.5) is 0 Å². The van der Waals surface area contributed by atoms with Crippen molar-refractivity contribution in [1.29, 1.82) is 0 Å². The fourth-order valence-corrected chi connectivity index (χ4v) is 4.20. The SMILES string of the molecule is CC(C)[C@H]1C(=O)O[C@@H]2CCN3CC=C(COC(=O)[C@@](O)([C@H](C)O)[C@H]1O)[C@H]23. The Morgan fingerprint density at radius 3 is 2.62 bits per heavy atom. The van der Waals surface area contributed by atoms with Crippen molar-refractivity contribution in [3.63, 3.8) is 0 Å². The topological polar surface area (TPSA) is 117 Å². The molecule has 0 saturated carbocycles. The molecule has 3 N–H and O–H groups in total. The van der Waals surface area contributed by atoms with Gasteiger partial charge in [-0.1, -0.05) is 19.9 Å². The van der Waals surface area contributed by atoms with E-state index >= 15 is 0 Å². The van der Waals surface area contributed by atoms with E-state index in [1.807, 2.05) is 6.08 Å². The second-order valence-electron chi connectivity index (χ2n) is 7.77. The third kappa shape index (κ3) is 2.94. The van der Waals surface area contributed by atoms with E-state index in [0.29, 0.717) is 13.0 Å². The largest absolute Gasteiger partial charge is 0.460 e. The molecule has 0 bridgehead atoms. The summed E-state index contributed by atoms with van der Waals surface area (Å²) >= 11 is 0. The number of ether oxygens (including phenoxy) is 2. The molecule has 8 heteroatoms. The number of carbonyl (C=O) groups is 2. The Morgan fingerprint density at radius 1 is 1.31 bits per heavy atom. The van der Waals surface area contributed by atoms with Gasteiger partial charge >= 0.3 is 11.9 Å². The van der Waals surface area contributed by atoms with E-state index in [0.717, 1.165) is 12.1 Å². The summed E-state index contributed by atoms with van der Waals surface area (Å²) in [5.41, 5.74) is -1.81. The van der Waals surface area contributed by atoms with Gasteiger partial charge in [0.2, 0.25) is 5.60 Å². The minimum atomic E-state index is -2.62. The molecule has 0 aromatic carbocycles. The minimum absolute atomic E-state index is 0.0812. The molecular formula is C18H27NO7. The summed E-state index contributed by atoms with van der Waals surface area (Å²) in [4.78, 5) is 27.5. The van der Waals surface area contributed by atoms with Crippen LogP contribution >= 0.6 is 0 Å². The van der Waals surface area contributed by atoms with E-state index in [4.69, 9.17) is 9.47 Å². The molecule has 2 fully saturated rings. The average molecular weight is 369 g/mol. The molecule has 0 spiro atoms. The van der Waals surface area contributed by atoms with Gasteiger partial charge in [0, 0.05) is 13.1 Å². The number of esters is 2. The maximum absolute atomic E-state index is 12.8. The Kier molecular flexibility index (Phi) is 5.13. The maximum Gasteiger partial charge on any atom is 0.344 e. The zero-order valence-corrected chi connectivity index (χ0v) is 15.3. The Bertz CT molecular complexity index is 617. The number of rotatable bonds is 2. The van der Waals surface area contributed by atoms with Crippen LogP contribution in [0.15, 0.2) is 11.6 Å². The number of cyclic esters (lactones) is 1. The van der Waals surface area contributed by atoms with Crippen molar-refractivity contribution in [3.8, 4) is 0 Å². The predicted molar refractivity (Wildman–Crippen MR) is 89.9 cm³/mol. The van der Waals surface area contributed by atoms with E-state index in [9.17, 15) is 24.9 Å². The van der Waals surface area contributed by atoms with Gasteiger partial charge in [-0.15, -0.1) is 0 Å². The van der Waals surface area contributed by atoms with E-state index in [2.05, 4.69) is 4.90 Å². The maximum atomic E-state index is 12.8. The number of carbonyl (C=O) groups excluding carboxylic acids is 2. The highest BCUT2D eigenvalue weighted by Crippen LogP contribution is 2.36. The summed E-state index contributed by atoms with van der Waals surface area (Å²) in [6.07, 6.45) is -1.29. The average Bonchev–Trinajstić information content (AvgIpc) is 3.13. The fourth-order valence-electron chi connectivity index (χ4n) is 4.20. The predicted octanol–water partition coefficient (Wildman–Crippen LogP) is -0.786. The van der Waals surface area contributed by atoms with Crippen molar-refractivity contribution in [2.45, 2.75) is 57.1 Å². The lowest BCUT2D eigenvalue weighted by Crippen LogP contribution is -2.62. The second-order valence-corrected chi connectivity index (χ2v) is 7.77. The zero-order chi connectivity index (χ0) is 19.2. The Labute approximate surface area is 152 Å². The number of aliphatic hydroxyl groups is 3. The number of aliphatic hydroxyl groups excluding tert-OH is 2. The molecule has 0 aliphatic carbocycles. The van der Waals surface area contributed by atoms with Crippen LogP contribution in [0.3, 0.4) is 0 Å². The molecule has 8 nitrogen and oxygen atoms in total. The van der Waals surface area contributed by atoms with Crippen molar-refractivity contribution in [2.75, 3.05) is 19.7 Å². The molecule has 3 aliphatic rings. The van der Waals surface area contributed by atoms with Gasteiger partial charge in [0.25, 0.3) is 0 Å². The first-order valence-electron chi connectivity index (χ1n) is 9.07. The molecule has 0 unspecified atom stereocenters. The van der Waals surface area contributed by atoms with Crippen molar-refractivity contribution >= 4 is 11.9 Å². The van der Waals surface area contributed by atoms with Gasteiger partial charge in [-0.05, 0) is 24.8 Å². The summed E-state index contributed by atoms with van der Waals surface area (Å²) < 4.78 is 11.0. The fraction of sp³-hybridized carbons (Fsp3) is 0.778. The van der Waals surface area contributed by atoms with Gasteiger partial charge in [-0.3, -0.25) is 9.69 Å². The third-order valence-corrected chi connectivity index (χ3v) is 5.80. The normalized spacial score (nSPS) is 39.7.